The van der Waals surface area contributed by atoms with Crippen molar-refractivity contribution in [2.24, 2.45) is 0 Å². The molecule has 1 aromatic carbocycles. The molecule has 0 spiro atoms. The lowest BCUT2D eigenvalue weighted by Gasteiger charge is -2.04. The van der Waals surface area contributed by atoms with Crippen LogP contribution in [0.25, 0.3) is 11.1 Å². The van der Waals surface area contributed by atoms with Crippen molar-refractivity contribution < 1.29 is 8.76 Å². The summed E-state index contributed by atoms with van der Waals surface area (Å²) in [6.45, 7) is 0. The molecule has 0 radical (unpaired) electrons. The Morgan fingerprint density at radius 2 is 1.87 bits per heavy atom. The minimum atomic E-state index is -2.00. The van der Waals surface area contributed by atoms with Crippen LogP contribution in [-0.2, 0) is 11.1 Å². The summed E-state index contributed by atoms with van der Waals surface area (Å²) in [7, 11) is 0. The second-order valence-electron chi connectivity index (χ2n) is 2.99. The third-order valence-corrected chi connectivity index (χ3v) is 2.76. The van der Waals surface area contributed by atoms with Gasteiger partial charge in [0.1, 0.15) is 0 Å². The number of rotatable bonds is 2. The number of aromatic nitrogens is 1. The molecule has 1 heterocycles. The Morgan fingerprint density at radius 3 is 2.53 bits per heavy atom. The molecule has 0 aliphatic carbocycles. The van der Waals surface area contributed by atoms with Crippen molar-refractivity contribution in [3.8, 4) is 11.1 Å². The van der Waals surface area contributed by atoms with Crippen LogP contribution in [0.4, 0.5) is 0 Å². The summed E-state index contributed by atoms with van der Waals surface area (Å²) in [5, 5.41) is 0. The van der Waals surface area contributed by atoms with Gasteiger partial charge in [-0.05, 0) is 11.6 Å². The first-order chi connectivity index (χ1) is 7.29. The van der Waals surface area contributed by atoms with E-state index in [1.54, 1.807) is 12.3 Å². The molecule has 1 aromatic heterocycles. The predicted octanol–water partition coefficient (Wildman–Crippen LogP) is 2.33. The molecule has 0 saturated carbocycles. The van der Waals surface area contributed by atoms with Gasteiger partial charge in [-0.25, -0.2) is 4.21 Å². The summed E-state index contributed by atoms with van der Waals surface area (Å²) in [5.41, 5.74) is 1.66. The van der Waals surface area contributed by atoms with Crippen LogP contribution in [0.5, 0.6) is 0 Å². The number of pyridine rings is 1. The highest BCUT2D eigenvalue weighted by Crippen LogP contribution is 2.24. The van der Waals surface area contributed by atoms with E-state index in [1.807, 2.05) is 30.3 Å². The summed E-state index contributed by atoms with van der Waals surface area (Å²) in [4.78, 5) is 4.18. The maximum atomic E-state index is 11.1. The quantitative estimate of drug-likeness (QED) is 0.789. The summed E-state index contributed by atoms with van der Waals surface area (Å²) in [6.07, 6.45) is 3.02. The van der Waals surface area contributed by atoms with Gasteiger partial charge in [-0.2, -0.15) is 0 Å². The normalized spacial score (nSPS) is 12.3. The Kier molecular flexibility index (Phi) is 2.89. The fourth-order valence-corrected chi connectivity index (χ4v) is 1.90. The van der Waals surface area contributed by atoms with Gasteiger partial charge >= 0.3 is 0 Å². The minimum Gasteiger partial charge on any atom is -0.302 e. The first-order valence-electron chi connectivity index (χ1n) is 4.39. The van der Waals surface area contributed by atoms with Crippen molar-refractivity contribution in [3.05, 3.63) is 48.8 Å². The highest BCUT2D eigenvalue weighted by molar-refractivity contribution is 7.79. The van der Waals surface area contributed by atoms with Crippen molar-refractivity contribution in [3.63, 3.8) is 0 Å². The zero-order valence-corrected chi connectivity index (χ0v) is 8.65. The molecule has 2 aromatic rings. The largest absolute Gasteiger partial charge is 0.302 e. The number of hydrogen-bond acceptors (Lipinski definition) is 2. The lowest BCUT2D eigenvalue weighted by atomic mass is 10.1. The first kappa shape index (κ1) is 10.0. The van der Waals surface area contributed by atoms with E-state index in [2.05, 4.69) is 4.98 Å². The van der Waals surface area contributed by atoms with E-state index in [4.69, 9.17) is 4.55 Å². The maximum Gasteiger partial charge on any atom is 0.188 e. The van der Waals surface area contributed by atoms with Crippen LogP contribution in [0, 0.1) is 0 Å². The van der Waals surface area contributed by atoms with E-state index in [9.17, 15) is 4.21 Å². The van der Waals surface area contributed by atoms with Crippen LogP contribution >= 0.6 is 0 Å². The lowest BCUT2D eigenvalue weighted by molar-refractivity contribution is 0.564. The summed E-state index contributed by atoms with van der Waals surface area (Å²) >= 11 is -2.00. The van der Waals surface area contributed by atoms with Crippen LogP contribution in [0.3, 0.4) is 0 Å². The summed E-state index contributed by atoms with van der Waals surface area (Å²) in [6, 6.07) is 11.2. The van der Waals surface area contributed by atoms with Crippen LogP contribution in [0.15, 0.2) is 53.7 Å². The van der Waals surface area contributed by atoms with Gasteiger partial charge in [0.25, 0.3) is 0 Å². The molecule has 1 atom stereocenters. The van der Waals surface area contributed by atoms with Crippen molar-refractivity contribution in [1.82, 2.24) is 4.98 Å². The molecular weight excluding hydrogens is 210 g/mol. The maximum absolute atomic E-state index is 11.1. The number of benzene rings is 1. The highest BCUT2D eigenvalue weighted by atomic mass is 32.2. The standard InChI is InChI=1S/C11H9NO2S/c13-15(14)11-8-12-7-6-10(11)9-4-2-1-3-5-9/h1-8H,(H,13,14). The van der Waals surface area contributed by atoms with Crippen LogP contribution < -0.4 is 0 Å². The van der Waals surface area contributed by atoms with E-state index >= 15 is 0 Å². The van der Waals surface area contributed by atoms with Gasteiger partial charge in [0.15, 0.2) is 11.1 Å². The third-order valence-electron chi connectivity index (χ3n) is 2.06. The van der Waals surface area contributed by atoms with E-state index < -0.39 is 11.1 Å². The Bertz CT molecular complexity index is 485. The van der Waals surface area contributed by atoms with Crippen LogP contribution in [0.2, 0.25) is 0 Å². The van der Waals surface area contributed by atoms with E-state index in [1.165, 1.54) is 6.20 Å². The fraction of sp³-hybridized carbons (Fsp3) is 0. The van der Waals surface area contributed by atoms with Crippen LogP contribution in [-0.4, -0.2) is 13.7 Å². The highest BCUT2D eigenvalue weighted by Gasteiger charge is 2.08. The molecule has 0 aliphatic rings. The Balaban J connectivity index is 2.58. The molecule has 15 heavy (non-hydrogen) atoms. The van der Waals surface area contributed by atoms with Crippen molar-refractivity contribution in [2.45, 2.75) is 4.90 Å². The molecule has 1 unspecified atom stereocenters. The Labute approximate surface area is 90.1 Å². The average molecular weight is 219 g/mol. The molecule has 1 N–H and O–H groups in total. The summed E-state index contributed by atoms with van der Waals surface area (Å²) in [5.74, 6) is 0. The first-order valence-corrected chi connectivity index (χ1v) is 5.50. The lowest BCUT2D eigenvalue weighted by Crippen LogP contribution is -1.93. The van der Waals surface area contributed by atoms with Crippen LogP contribution in [0.1, 0.15) is 0 Å². The summed E-state index contributed by atoms with van der Waals surface area (Å²) < 4.78 is 20.2. The second-order valence-corrected chi connectivity index (χ2v) is 3.93. The van der Waals surface area contributed by atoms with Gasteiger partial charge in [0.2, 0.25) is 0 Å². The molecule has 0 fully saturated rings. The molecule has 0 saturated heterocycles. The minimum absolute atomic E-state index is 0.337. The number of hydrogen-bond donors (Lipinski definition) is 1. The van der Waals surface area contributed by atoms with Gasteiger partial charge in [0, 0.05) is 18.0 Å². The monoisotopic (exact) mass is 219 g/mol. The average Bonchev–Trinajstić information content (AvgIpc) is 2.30. The molecular formula is C11H9NO2S. The van der Waals surface area contributed by atoms with Gasteiger partial charge in [0.05, 0.1) is 4.90 Å². The molecule has 0 aliphatic heterocycles. The SMILES string of the molecule is O=S(O)c1cnccc1-c1ccccc1. The predicted molar refractivity (Wildman–Crippen MR) is 58.7 cm³/mol. The molecule has 4 heteroatoms. The number of nitrogens with zero attached hydrogens (tertiary/aromatic N) is 1. The van der Waals surface area contributed by atoms with E-state index in [0.717, 1.165) is 11.1 Å². The van der Waals surface area contributed by atoms with E-state index in [0.29, 0.717) is 4.90 Å². The molecule has 0 bridgehead atoms. The van der Waals surface area contributed by atoms with Gasteiger partial charge in [-0.1, -0.05) is 30.3 Å². The smallest absolute Gasteiger partial charge is 0.188 e. The Morgan fingerprint density at radius 1 is 1.13 bits per heavy atom. The topological polar surface area (TPSA) is 50.2 Å². The zero-order chi connectivity index (χ0) is 10.7. The van der Waals surface area contributed by atoms with Gasteiger partial charge in [-0.3, -0.25) is 4.98 Å². The van der Waals surface area contributed by atoms with Crippen molar-refractivity contribution in [2.75, 3.05) is 0 Å². The molecule has 2 rings (SSSR count). The molecule has 0 amide bonds. The van der Waals surface area contributed by atoms with Crippen molar-refractivity contribution in [1.29, 1.82) is 0 Å². The van der Waals surface area contributed by atoms with Gasteiger partial charge in [-0.15, -0.1) is 0 Å². The van der Waals surface area contributed by atoms with Crippen molar-refractivity contribution >= 4 is 11.1 Å². The molecule has 3 nitrogen and oxygen atoms in total. The fourth-order valence-electron chi connectivity index (χ4n) is 1.38. The Hall–Kier alpha value is -1.52. The second kappa shape index (κ2) is 4.33. The zero-order valence-electron chi connectivity index (χ0n) is 7.83. The molecule has 76 valence electrons. The van der Waals surface area contributed by atoms with Gasteiger partial charge < -0.3 is 4.55 Å². The van der Waals surface area contributed by atoms with E-state index in [-0.39, 0.29) is 0 Å². The third kappa shape index (κ3) is 2.11.